The van der Waals surface area contributed by atoms with Crippen molar-refractivity contribution < 1.29 is 4.79 Å². The van der Waals surface area contributed by atoms with Crippen molar-refractivity contribution in [3.63, 3.8) is 0 Å². The molecule has 1 amide bonds. The van der Waals surface area contributed by atoms with Gasteiger partial charge in [-0.25, -0.2) is 0 Å². The summed E-state index contributed by atoms with van der Waals surface area (Å²) in [4.78, 5) is 15.0. The summed E-state index contributed by atoms with van der Waals surface area (Å²) in [6.07, 6.45) is 3.76. The maximum atomic E-state index is 13.0. The van der Waals surface area contributed by atoms with E-state index in [4.69, 9.17) is 0 Å². The van der Waals surface area contributed by atoms with Gasteiger partial charge in [-0.05, 0) is 30.7 Å². The Balaban J connectivity index is 1.72. The number of amides is 1. The molecule has 150 valence electrons. The number of aromatic nitrogens is 3. The zero-order valence-electron chi connectivity index (χ0n) is 17.0. The second kappa shape index (κ2) is 9.41. The van der Waals surface area contributed by atoms with Gasteiger partial charge in [0.25, 0.3) is 0 Å². The maximum absolute atomic E-state index is 13.0. The molecule has 6 heteroatoms. The first-order valence-electron chi connectivity index (χ1n) is 10.00. The van der Waals surface area contributed by atoms with Crippen molar-refractivity contribution >= 4 is 17.7 Å². The average molecular weight is 399 g/mol. The third-order valence-corrected chi connectivity index (χ3v) is 6.19. The normalized spacial score (nSPS) is 20.8. The highest BCUT2D eigenvalue weighted by Gasteiger charge is 2.29. The van der Waals surface area contributed by atoms with Gasteiger partial charge >= 0.3 is 0 Å². The maximum Gasteiger partial charge on any atom is 0.235 e. The van der Waals surface area contributed by atoms with Crippen LogP contribution in [0.2, 0.25) is 0 Å². The molecule has 0 N–H and O–H groups in total. The van der Waals surface area contributed by atoms with E-state index in [1.165, 1.54) is 23.7 Å². The summed E-state index contributed by atoms with van der Waals surface area (Å²) >= 11 is 1.50. The number of rotatable bonds is 7. The quantitative estimate of drug-likeness (QED) is 0.522. The second-order valence-corrected chi connectivity index (χ2v) is 9.22. The van der Waals surface area contributed by atoms with Crippen molar-refractivity contribution in [1.29, 1.82) is 0 Å². The third-order valence-electron chi connectivity index (χ3n) is 5.12. The molecule has 1 aromatic heterocycles. The molecule has 0 bridgehead atoms. The van der Waals surface area contributed by atoms with Gasteiger partial charge in [-0.3, -0.25) is 4.79 Å². The van der Waals surface area contributed by atoms with Crippen LogP contribution >= 0.6 is 11.8 Å². The Hall–Kier alpha value is -2.08. The lowest BCUT2D eigenvalue weighted by Gasteiger charge is -2.36. The van der Waals surface area contributed by atoms with Crippen LogP contribution in [0.1, 0.15) is 38.6 Å². The lowest BCUT2D eigenvalue weighted by Crippen LogP contribution is -2.45. The highest BCUT2D eigenvalue weighted by molar-refractivity contribution is 8.00. The molecule has 0 saturated carbocycles. The number of nitrogens with zero attached hydrogens (tertiary/aromatic N) is 4. The molecule has 2 heterocycles. The fourth-order valence-corrected chi connectivity index (χ4v) is 4.90. The van der Waals surface area contributed by atoms with Gasteiger partial charge in [0.2, 0.25) is 5.91 Å². The van der Waals surface area contributed by atoms with Gasteiger partial charge in [0, 0.05) is 26.1 Å². The highest BCUT2D eigenvalue weighted by Crippen LogP contribution is 2.27. The molecule has 0 radical (unpaired) electrons. The zero-order valence-corrected chi connectivity index (χ0v) is 17.9. The van der Waals surface area contributed by atoms with Gasteiger partial charge in [-0.2, -0.15) is 0 Å². The van der Waals surface area contributed by atoms with Crippen LogP contribution in [0.3, 0.4) is 0 Å². The second-order valence-electron chi connectivity index (χ2n) is 7.91. The first kappa shape index (κ1) is 20.6. The molecule has 3 atom stereocenters. The minimum atomic E-state index is -0.185. The lowest BCUT2D eigenvalue weighted by molar-refractivity contribution is -0.132. The van der Waals surface area contributed by atoms with Gasteiger partial charge in [-0.1, -0.05) is 62.0 Å². The number of hydrogen-bond donors (Lipinski definition) is 0. The Bertz CT molecular complexity index is 794. The minimum Gasteiger partial charge on any atom is -0.341 e. The van der Waals surface area contributed by atoms with Crippen molar-refractivity contribution in [1.82, 2.24) is 19.7 Å². The van der Waals surface area contributed by atoms with Crippen molar-refractivity contribution in [2.75, 3.05) is 13.1 Å². The molecule has 1 aliphatic rings. The van der Waals surface area contributed by atoms with Crippen LogP contribution in [0.4, 0.5) is 0 Å². The Kier molecular flexibility index (Phi) is 6.94. The number of hydrogen-bond acceptors (Lipinski definition) is 4. The molecule has 1 aromatic carbocycles. The number of allylic oxidation sites excluding steroid dienone is 1. The highest BCUT2D eigenvalue weighted by atomic mass is 32.2. The van der Waals surface area contributed by atoms with Gasteiger partial charge in [0.1, 0.15) is 5.82 Å². The van der Waals surface area contributed by atoms with E-state index in [-0.39, 0.29) is 11.2 Å². The molecule has 1 aliphatic heterocycles. The van der Waals surface area contributed by atoms with Crippen LogP contribution in [0.15, 0.2) is 48.1 Å². The minimum absolute atomic E-state index is 0.185. The number of benzene rings is 1. The smallest absolute Gasteiger partial charge is 0.235 e. The number of piperidine rings is 1. The van der Waals surface area contributed by atoms with Crippen molar-refractivity contribution in [2.45, 2.75) is 50.6 Å². The number of likely N-dealkylation sites (tertiary alicyclic amines) is 1. The van der Waals surface area contributed by atoms with Crippen LogP contribution in [-0.2, 0) is 17.8 Å². The van der Waals surface area contributed by atoms with E-state index < -0.39 is 0 Å². The fraction of sp³-hybridized carbons (Fsp3) is 0.500. The van der Waals surface area contributed by atoms with E-state index in [1.54, 1.807) is 0 Å². The van der Waals surface area contributed by atoms with E-state index in [0.717, 1.165) is 24.1 Å². The van der Waals surface area contributed by atoms with Crippen LogP contribution < -0.4 is 0 Å². The Morgan fingerprint density at radius 3 is 2.57 bits per heavy atom. The summed E-state index contributed by atoms with van der Waals surface area (Å²) in [6, 6.07) is 10.2. The molecule has 3 unspecified atom stereocenters. The monoisotopic (exact) mass is 398 g/mol. The molecule has 3 rings (SSSR count). The summed E-state index contributed by atoms with van der Waals surface area (Å²) in [5.41, 5.74) is 1.19. The van der Waals surface area contributed by atoms with Crippen LogP contribution in [-0.4, -0.2) is 43.9 Å². The first-order chi connectivity index (χ1) is 13.5. The number of carbonyl (C=O) groups is 1. The first-order valence-corrected chi connectivity index (χ1v) is 10.9. The summed E-state index contributed by atoms with van der Waals surface area (Å²) < 4.78 is 2.07. The SMILES string of the molecule is C=CCn1c(Cc2ccccc2)nnc1SC(C)C(=O)N1CC(C)CC(C)C1. The van der Waals surface area contributed by atoms with Crippen LogP contribution in [0, 0.1) is 11.8 Å². The molecule has 2 aromatic rings. The van der Waals surface area contributed by atoms with E-state index in [2.05, 4.69) is 47.3 Å². The summed E-state index contributed by atoms with van der Waals surface area (Å²) in [5, 5.41) is 9.38. The lowest BCUT2D eigenvalue weighted by atomic mass is 9.92. The summed E-state index contributed by atoms with van der Waals surface area (Å²) in [7, 11) is 0. The van der Waals surface area contributed by atoms with Gasteiger partial charge < -0.3 is 9.47 Å². The number of carbonyl (C=O) groups excluding carboxylic acids is 1. The van der Waals surface area contributed by atoms with Crippen LogP contribution in [0.5, 0.6) is 0 Å². The molecule has 0 spiro atoms. The van der Waals surface area contributed by atoms with Gasteiger partial charge in [0.15, 0.2) is 5.16 Å². The van der Waals surface area contributed by atoms with Gasteiger partial charge in [0.05, 0.1) is 5.25 Å². The average Bonchev–Trinajstić information content (AvgIpc) is 3.03. The van der Waals surface area contributed by atoms with Crippen molar-refractivity contribution in [3.8, 4) is 0 Å². The fourth-order valence-electron chi connectivity index (χ4n) is 3.94. The van der Waals surface area contributed by atoms with E-state index in [9.17, 15) is 4.79 Å². The Morgan fingerprint density at radius 1 is 1.25 bits per heavy atom. The largest absolute Gasteiger partial charge is 0.341 e. The molecule has 0 aliphatic carbocycles. The topological polar surface area (TPSA) is 51.0 Å². The third kappa shape index (κ3) is 5.04. The predicted molar refractivity (Wildman–Crippen MR) is 114 cm³/mol. The zero-order chi connectivity index (χ0) is 20.1. The number of thioether (sulfide) groups is 1. The Labute approximate surface area is 172 Å². The molecular formula is C22H30N4OS. The van der Waals surface area contributed by atoms with Gasteiger partial charge in [-0.15, -0.1) is 16.8 Å². The molecule has 1 fully saturated rings. The van der Waals surface area contributed by atoms with E-state index in [1.807, 2.05) is 36.1 Å². The van der Waals surface area contributed by atoms with Crippen molar-refractivity contribution in [2.24, 2.45) is 11.8 Å². The summed E-state index contributed by atoms with van der Waals surface area (Å²) in [6.45, 7) is 12.6. The molecular weight excluding hydrogens is 368 g/mol. The van der Waals surface area contributed by atoms with E-state index >= 15 is 0 Å². The van der Waals surface area contributed by atoms with E-state index in [0.29, 0.717) is 24.8 Å². The predicted octanol–water partition coefficient (Wildman–Crippen LogP) is 4.04. The van der Waals surface area contributed by atoms with Crippen LogP contribution in [0.25, 0.3) is 0 Å². The Morgan fingerprint density at radius 2 is 1.93 bits per heavy atom. The molecule has 5 nitrogen and oxygen atoms in total. The summed E-state index contributed by atoms with van der Waals surface area (Å²) in [5.74, 6) is 2.22. The molecule has 1 saturated heterocycles. The van der Waals surface area contributed by atoms with Crippen molar-refractivity contribution in [3.05, 3.63) is 54.4 Å². The molecule has 28 heavy (non-hydrogen) atoms. The standard InChI is InChI=1S/C22H30N4OS/c1-5-11-26-20(13-19-9-7-6-8-10-19)23-24-22(26)28-18(4)21(27)25-14-16(2)12-17(3)15-25/h5-10,16-18H,1,11-15H2,2-4H3.